The number of nitrogens with zero attached hydrogens (tertiary/aromatic N) is 1. The van der Waals surface area contributed by atoms with E-state index in [2.05, 4.69) is 24.2 Å². The Kier molecular flexibility index (Phi) is 17.0. The first kappa shape index (κ1) is 30.8. The number of benzene rings is 1. The van der Waals surface area contributed by atoms with Crippen molar-refractivity contribution in [2.45, 2.75) is 64.7 Å². The second kappa shape index (κ2) is 18.2. The van der Waals surface area contributed by atoms with Gasteiger partial charge in [-0.25, -0.2) is 0 Å². The summed E-state index contributed by atoms with van der Waals surface area (Å²) in [5, 5.41) is 16.5. The Balaban J connectivity index is 0.00000242. The van der Waals surface area contributed by atoms with E-state index >= 15 is 0 Å². The first-order valence-corrected chi connectivity index (χ1v) is 12.1. The third-order valence-corrected chi connectivity index (χ3v) is 5.88. The molecule has 7 heteroatoms. The Morgan fingerprint density at radius 2 is 1.73 bits per heavy atom. The zero-order chi connectivity index (χ0) is 25.2. The molecule has 2 rings (SSSR count). The highest BCUT2D eigenvalue weighted by Gasteiger charge is 2.26. The van der Waals surface area contributed by atoms with Crippen molar-refractivity contribution < 1.29 is 19.8 Å². The van der Waals surface area contributed by atoms with Crippen molar-refractivity contribution in [1.82, 2.24) is 5.32 Å². The molecule has 1 aromatic rings. The Morgan fingerprint density at radius 3 is 2.33 bits per heavy atom. The van der Waals surface area contributed by atoms with E-state index in [1.165, 1.54) is 0 Å². The molecule has 6 nitrogen and oxygen atoms in total. The minimum atomic E-state index is -0.478. The zero-order valence-corrected chi connectivity index (χ0v) is 21.6. The molecular formula is C26H40N2O4S. The molecule has 1 aliphatic rings. The second-order valence-corrected chi connectivity index (χ2v) is 9.19. The molecule has 0 saturated carbocycles. The number of hydrogen-bond donors (Lipinski definition) is 3. The summed E-state index contributed by atoms with van der Waals surface area (Å²) in [7, 11) is 2.00. The van der Waals surface area contributed by atoms with Crippen LogP contribution >= 0.6 is 11.8 Å². The summed E-state index contributed by atoms with van der Waals surface area (Å²) in [6, 6.07) is 9.93. The summed E-state index contributed by atoms with van der Waals surface area (Å²) in [4.78, 5) is 30.3. The number of aliphatic hydroxyl groups is 2. The predicted molar refractivity (Wildman–Crippen MR) is 139 cm³/mol. The second-order valence-electron chi connectivity index (χ2n) is 8.02. The van der Waals surface area contributed by atoms with Gasteiger partial charge in [-0.15, -0.1) is 0 Å². The number of amides is 1. The molecule has 33 heavy (non-hydrogen) atoms. The van der Waals surface area contributed by atoms with Crippen molar-refractivity contribution in [3.63, 3.8) is 0 Å². The van der Waals surface area contributed by atoms with Crippen molar-refractivity contribution in [3.8, 4) is 0 Å². The Bertz CT molecular complexity index is 789. The highest BCUT2D eigenvalue weighted by atomic mass is 32.2. The van der Waals surface area contributed by atoms with Crippen LogP contribution in [0.4, 0.5) is 0 Å². The number of allylic oxidation sites excluding steroid dienone is 2. The van der Waals surface area contributed by atoms with Crippen LogP contribution in [-0.2, 0) is 16.0 Å². The lowest BCUT2D eigenvalue weighted by atomic mass is 10.0. The summed E-state index contributed by atoms with van der Waals surface area (Å²) in [6.45, 7) is 8.26. The topological polar surface area (TPSA) is 99.0 Å². The van der Waals surface area contributed by atoms with E-state index < -0.39 is 5.25 Å². The molecule has 184 valence electrons. The molecule has 1 aromatic carbocycles. The molecule has 0 aromatic heterocycles. The van der Waals surface area contributed by atoms with Gasteiger partial charge in [-0.2, -0.15) is 0 Å². The van der Waals surface area contributed by atoms with E-state index in [9.17, 15) is 9.59 Å². The van der Waals surface area contributed by atoms with E-state index in [1.54, 1.807) is 12.4 Å². The van der Waals surface area contributed by atoms with Crippen molar-refractivity contribution in [3.05, 3.63) is 59.3 Å². The van der Waals surface area contributed by atoms with Crippen LogP contribution in [0.2, 0.25) is 0 Å². The van der Waals surface area contributed by atoms with Crippen LogP contribution in [0.3, 0.4) is 0 Å². The maximum atomic E-state index is 13.1. The maximum absolute atomic E-state index is 13.1. The lowest BCUT2D eigenvalue weighted by molar-refractivity contribution is -0.121. The van der Waals surface area contributed by atoms with Gasteiger partial charge < -0.3 is 15.5 Å². The van der Waals surface area contributed by atoms with Gasteiger partial charge in [0.15, 0.2) is 0 Å². The summed E-state index contributed by atoms with van der Waals surface area (Å²) in [5.41, 5.74) is 2.67. The molecule has 2 atom stereocenters. The largest absolute Gasteiger partial charge is 0.400 e. The van der Waals surface area contributed by atoms with Gasteiger partial charge >= 0.3 is 0 Å². The Labute approximate surface area is 203 Å². The van der Waals surface area contributed by atoms with Crippen LogP contribution in [0.5, 0.6) is 0 Å². The normalized spacial score (nSPS) is 15.7. The van der Waals surface area contributed by atoms with Crippen LogP contribution in [0.15, 0.2) is 58.7 Å². The quantitative estimate of drug-likeness (QED) is 0.519. The van der Waals surface area contributed by atoms with Crippen LogP contribution in [0, 0.1) is 5.92 Å². The van der Waals surface area contributed by atoms with Gasteiger partial charge in [0.1, 0.15) is 0 Å². The predicted octanol–water partition coefficient (Wildman–Crippen LogP) is 4.32. The number of nitrogens with one attached hydrogen (secondary N) is 1. The molecule has 1 aliphatic heterocycles. The van der Waals surface area contributed by atoms with Gasteiger partial charge in [0.05, 0.1) is 5.25 Å². The molecule has 0 aliphatic carbocycles. The average molecular weight is 477 g/mol. The number of hydrogen-bond acceptors (Lipinski definition) is 6. The molecule has 3 N–H and O–H groups in total. The van der Waals surface area contributed by atoms with Crippen LogP contribution in [-0.4, -0.2) is 53.0 Å². The van der Waals surface area contributed by atoms with Gasteiger partial charge in [0.2, 0.25) is 11.0 Å². The number of thioether (sulfide) groups is 1. The lowest BCUT2D eigenvalue weighted by Gasteiger charge is -2.21. The monoisotopic (exact) mass is 476 g/mol. The van der Waals surface area contributed by atoms with Crippen molar-refractivity contribution in [1.29, 1.82) is 0 Å². The fourth-order valence-electron chi connectivity index (χ4n) is 3.34. The highest BCUT2D eigenvalue weighted by Crippen LogP contribution is 2.24. The third-order valence-electron chi connectivity index (χ3n) is 4.78. The van der Waals surface area contributed by atoms with Gasteiger partial charge in [-0.3, -0.25) is 14.6 Å². The summed E-state index contributed by atoms with van der Waals surface area (Å²) in [6.07, 6.45) is 8.46. The fraction of sp³-hybridized carbons (Fsp3) is 0.500. The van der Waals surface area contributed by atoms with Gasteiger partial charge in [-0.05, 0) is 51.0 Å². The molecule has 0 saturated heterocycles. The summed E-state index contributed by atoms with van der Waals surface area (Å²) >= 11 is 1.11. The average Bonchev–Trinajstić information content (AvgIpc) is 2.78. The SMILES string of the molecule is CC1=C(C(=O)SC(Cc2ccccc2)C(=O)N[C@H](C)CC(C)C)C=N/C=C\CC1.CO.CO. The van der Waals surface area contributed by atoms with Crippen LogP contribution in [0.1, 0.15) is 52.5 Å². The van der Waals surface area contributed by atoms with E-state index in [0.29, 0.717) is 17.9 Å². The summed E-state index contributed by atoms with van der Waals surface area (Å²) in [5.74, 6) is 0.417. The van der Waals surface area contributed by atoms with Gasteiger partial charge in [0.25, 0.3) is 0 Å². The van der Waals surface area contributed by atoms with Crippen LogP contribution < -0.4 is 5.32 Å². The number of aliphatic imine (C=N–C) groups is 1. The molecule has 0 radical (unpaired) electrons. The molecule has 0 spiro atoms. The molecule has 1 unspecified atom stereocenters. The van der Waals surface area contributed by atoms with E-state index in [4.69, 9.17) is 10.2 Å². The smallest absolute Gasteiger partial charge is 0.234 e. The van der Waals surface area contributed by atoms with Crippen molar-refractivity contribution >= 4 is 29.0 Å². The van der Waals surface area contributed by atoms with Crippen molar-refractivity contribution in [2.75, 3.05) is 14.2 Å². The first-order chi connectivity index (χ1) is 15.9. The third kappa shape index (κ3) is 12.6. The Hall–Kier alpha value is -2.22. The first-order valence-electron chi connectivity index (χ1n) is 11.2. The van der Waals surface area contributed by atoms with E-state index in [0.717, 1.165) is 56.4 Å². The molecule has 0 fully saturated rings. The molecule has 0 bridgehead atoms. The Morgan fingerprint density at radius 1 is 1.09 bits per heavy atom. The summed E-state index contributed by atoms with van der Waals surface area (Å²) < 4.78 is 0. The van der Waals surface area contributed by atoms with E-state index in [-0.39, 0.29) is 17.1 Å². The standard InChI is InChI=1S/C24H32N2O2S.2CH4O/c1-17(2)14-19(4)26-23(27)22(15-20-11-6-5-7-12-20)29-24(28)21-16-25-13-9-8-10-18(21)3;2*1-2/h5-7,9,11-13,16-17,19,22H,8,10,14-15H2,1-4H3,(H,26,27);2*2H,1H3/b13-9-,21-18?,25-16?;;/t19-,22?;;/m1../s1. The van der Waals surface area contributed by atoms with Gasteiger partial charge in [-0.1, -0.05) is 67.6 Å². The van der Waals surface area contributed by atoms with Gasteiger partial charge in [0, 0.05) is 38.2 Å². The molecular weight excluding hydrogens is 436 g/mol. The number of carbonyl (C=O) groups excluding carboxylic acids is 2. The van der Waals surface area contributed by atoms with E-state index in [1.807, 2.05) is 50.3 Å². The number of rotatable bonds is 8. The van der Waals surface area contributed by atoms with Crippen LogP contribution in [0.25, 0.3) is 0 Å². The maximum Gasteiger partial charge on any atom is 0.234 e. The minimum Gasteiger partial charge on any atom is -0.400 e. The number of carbonyl (C=O) groups is 2. The fourth-order valence-corrected chi connectivity index (χ4v) is 4.40. The zero-order valence-electron chi connectivity index (χ0n) is 20.7. The lowest BCUT2D eigenvalue weighted by Crippen LogP contribution is -2.40. The van der Waals surface area contributed by atoms with Crippen molar-refractivity contribution in [2.24, 2.45) is 10.9 Å². The number of aliphatic hydroxyl groups excluding tert-OH is 2. The highest BCUT2D eigenvalue weighted by molar-refractivity contribution is 8.15. The molecule has 1 heterocycles. The minimum absolute atomic E-state index is 0.0746. The molecule has 1 amide bonds.